The summed E-state index contributed by atoms with van der Waals surface area (Å²) in [4.78, 5) is 26.3. The molecule has 2 N–H and O–H groups in total. The summed E-state index contributed by atoms with van der Waals surface area (Å²) in [7, 11) is 0. The summed E-state index contributed by atoms with van der Waals surface area (Å²) in [6.07, 6.45) is 4.08. The number of halogens is 1. The summed E-state index contributed by atoms with van der Waals surface area (Å²) < 4.78 is 17.9. The molecule has 2 amide bonds. The van der Waals surface area contributed by atoms with Crippen LogP contribution in [0.5, 0.6) is 17.2 Å². The first-order valence-corrected chi connectivity index (χ1v) is 15.8. The van der Waals surface area contributed by atoms with E-state index >= 15 is 0 Å². The van der Waals surface area contributed by atoms with Gasteiger partial charge in [-0.1, -0.05) is 84.4 Å². The van der Waals surface area contributed by atoms with Crippen LogP contribution in [0.2, 0.25) is 5.02 Å². The first-order chi connectivity index (χ1) is 22.8. The lowest BCUT2D eigenvalue weighted by molar-refractivity contribution is -0.130. The zero-order chi connectivity index (χ0) is 33.6. The highest BCUT2D eigenvalue weighted by Crippen LogP contribution is 2.35. The van der Waals surface area contributed by atoms with E-state index in [-0.39, 0.29) is 19.6 Å². The van der Waals surface area contributed by atoms with Gasteiger partial charge in [0.1, 0.15) is 18.4 Å². The molecule has 0 aliphatic carbocycles. The highest BCUT2D eigenvalue weighted by molar-refractivity contribution is 6.31. The Morgan fingerprint density at radius 3 is 2.32 bits per heavy atom. The number of rotatable bonds is 16. The number of aryl methyl sites for hydroxylation is 2. The summed E-state index contributed by atoms with van der Waals surface area (Å²) in [5, 5.41) is 7.64. The molecular weight excluding hydrogens is 614 g/mol. The number of amides is 2. The van der Waals surface area contributed by atoms with Crippen molar-refractivity contribution in [3.63, 3.8) is 0 Å². The van der Waals surface area contributed by atoms with E-state index in [1.165, 1.54) is 6.21 Å². The van der Waals surface area contributed by atoms with Crippen LogP contribution in [0.1, 0.15) is 40.3 Å². The van der Waals surface area contributed by atoms with Crippen molar-refractivity contribution in [1.29, 1.82) is 0 Å². The average Bonchev–Trinajstić information content (AvgIpc) is 3.05. The molecule has 244 valence electrons. The van der Waals surface area contributed by atoms with Crippen LogP contribution in [0.25, 0.3) is 0 Å². The van der Waals surface area contributed by atoms with Gasteiger partial charge in [-0.2, -0.15) is 5.10 Å². The zero-order valence-electron chi connectivity index (χ0n) is 26.9. The molecule has 0 unspecified atom stereocenters. The first-order valence-electron chi connectivity index (χ1n) is 15.4. The van der Waals surface area contributed by atoms with Crippen LogP contribution in [0.3, 0.4) is 0 Å². The molecule has 0 saturated carbocycles. The number of carbonyl (C=O) groups is 2. The second-order valence-electron chi connectivity index (χ2n) is 10.9. The zero-order valence-corrected chi connectivity index (χ0v) is 27.7. The average molecular weight is 654 g/mol. The van der Waals surface area contributed by atoms with E-state index in [0.29, 0.717) is 40.9 Å². The number of benzene rings is 4. The molecule has 0 spiro atoms. The van der Waals surface area contributed by atoms with Gasteiger partial charge in [0.05, 0.1) is 12.8 Å². The Morgan fingerprint density at radius 2 is 1.62 bits per heavy atom. The number of carbonyl (C=O) groups excluding carboxylic acids is 2. The largest absolute Gasteiger partial charge is 0.490 e. The van der Waals surface area contributed by atoms with Crippen LogP contribution in [0, 0.1) is 13.8 Å². The molecule has 4 rings (SSSR count). The van der Waals surface area contributed by atoms with Gasteiger partial charge in [-0.25, -0.2) is 5.43 Å². The third-order valence-electron chi connectivity index (χ3n) is 7.23. The van der Waals surface area contributed by atoms with E-state index in [0.717, 1.165) is 27.8 Å². The Labute approximate surface area is 281 Å². The van der Waals surface area contributed by atoms with Crippen molar-refractivity contribution in [2.24, 2.45) is 5.10 Å². The summed E-state index contributed by atoms with van der Waals surface area (Å²) in [5.74, 6) is 0.877. The number of hydrogen-bond donors (Lipinski definition) is 2. The Kier molecular flexibility index (Phi) is 13.0. The maximum Gasteiger partial charge on any atom is 0.262 e. The summed E-state index contributed by atoms with van der Waals surface area (Å²) in [6, 6.07) is 25.5. The molecule has 4 aromatic rings. The lowest BCUT2D eigenvalue weighted by Crippen LogP contribution is -2.48. The summed E-state index contributed by atoms with van der Waals surface area (Å²) >= 11 is 6.34. The second-order valence-corrected chi connectivity index (χ2v) is 11.3. The van der Waals surface area contributed by atoms with Gasteiger partial charge in [-0.15, -0.1) is 6.58 Å². The minimum absolute atomic E-state index is 0.231. The van der Waals surface area contributed by atoms with Crippen LogP contribution in [-0.4, -0.2) is 37.3 Å². The third-order valence-corrected chi connectivity index (χ3v) is 7.60. The topological polar surface area (TPSA) is 98.3 Å². The Morgan fingerprint density at radius 1 is 0.894 bits per heavy atom. The van der Waals surface area contributed by atoms with E-state index in [4.69, 9.17) is 25.8 Å². The van der Waals surface area contributed by atoms with Crippen molar-refractivity contribution >= 4 is 29.6 Å². The minimum Gasteiger partial charge on any atom is -0.490 e. The van der Waals surface area contributed by atoms with Crippen LogP contribution in [0.4, 0.5) is 0 Å². The number of allylic oxidation sites excluding steroid dienone is 1. The standard InChI is InChI=1S/C38H40ClN3O5/c1-5-13-30-20-29(22-34(45-6-2)37(30)46-24-31-18-10-11-19-32(31)39)23-40-42-38(44)33(21-28-16-8-7-9-17-28)41-35(43)25-47-36-26(3)14-12-15-27(36)4/h5,7-12,14-20,22-23,33H,1,6,13,21,24-25H2,2-4H3,(H,41,43)(H,42,44)/b40-23-/t33-/m1/s1. The molecule has 1 atom stereocenters. The minimum atomic E-state index is -0.889. The van der Waals surface area contributed by atoms with E-state index in [9.17, 15) is 9.59 Å². The highest BCUT2D eigenvalue weighted by atomic mass is 35.5. The monoisotopic (exact) mass is 653 g/mol. The van der Waals surface area contributed by atoms with Gasteiger partial charge in [-0.05, 0) is 67.6 Å². The fourth-order valence-corrected chi connectivity index (χ4v) is 5.16. The Balaban J connectivity index is 1.48. The number of para-hydroxylation sites is 1. The quantitative estimate of drug-likeness (QED) is 0.0777. The molecule has 8 nitrogen and oxygen atoms in total. The summed E-state index contributed by atoms with van der Waals surface area (Å²) in [6.45, 7) is 10.1. The lowest BCUT2D eigenvalue weighted by Gasteiger charge is -2.18. The van der Waals surface area contributed by atoms with Crippen molar-refractivity contribution in [2.75, 3.05) is 13.2 Å². The van der Waals surface area contributed by atoms with Gasteiger partial charge in [0.2, 0.25) is 0 Å². The SMILES string of the molecule is C=CCc1cc(/C=N\NC(=O)[C@@H](Cc2ccccc2)NC(=O)COc2c(C)cccc2C)cc(OCC)c1OCc1ccccc1Cl. The van der Waals surface area contributed by atoms with Crippen LogP contribution < -0.4 is 25.0 Å². The van der Waals surface area contributed by atoms with Crippen LogP contribution in [-0.2, 0) is 29.0 Å². The number of ether oxygens (including phenoxy) is 3. The fraction of sp³-hybridized carbons (Fsp3) is 0.237. The van der Waals surface area contributed by atoms with E-state index < -0.39 is 17.9 Å². The molecule has 0 bridgehead atoms. The predicted octanol–water partition coefficient (Wildman–Crippen LogP) is 6.92. The van der Waals surface area contributed by atoms with Gasteiger partial charge in [-0.3, -0.25) is 9.59 Å². The smallest absolute Gasteiger partial charge is 0.262 e. The molecule has 0 aromatic heterocycles. The maximum atomic E-state index is 13.3. The molecule has 0 saturated heterocycles. The van der Waals surface area contributed by atoms with Gasteiger partial charge in [0.15, 0.2) is 18.1 Å². The van der Waals surface area contributed by atoms with E-state index in [1.54, 1.807) is 12.1 Å². The van der Waals surface area contributed by atoms with Crippen LogP contribution in [0.15, 0.2) is 103 Å². The number of nitrogens with zero attached hydrogens (tertiary/aromatic N) is 1. The number of hydrazone groups is 1. The number of hydrogen-bond acceptors (Lipinski definition) is 6. The maximum absolute atomic E-state index is 13.3. The Hall–Kier alpha value is -5.08. The van der Waals surface area contributed by atoms with Crippen molar-refractivity contribution in [3.8, 4) is 17.2 Å². The molecular formula is C38H40ClN3O5. The molecule has 47 heavy (non-hydrogen) atoms. The molecule has 4 aromatic carbocycles. The molecule has 0 heterocycles. The van der Waals surface area contributed by atoms with Crippen molar-refractivity contribution in [1.82, 2.24) is 10.7 Å². The summed E-state index contributed by atoms with van der Waals surface area (Å²) in [5.41, 5.74) is 7.69. The predicted molar refractivity (Wildman–Crippen MR) is 187 cm³/mol. The third kappa shape index (κ3) is 10.2. The first kappa shape index (κ1) is 34.8. The van der Waals surface area contributed by atoms with Gasteiger partial charge >= 0.3 is 0 Å². The highest BCUT2D eigenvalue weighted by Gasteiger charge is 2.22. The van der Waals surface area contributed by atoms with Crippen molar-refractivity contribution in [2.45, 2.75) is 46.3 Å². The van der Waals surface area contributed by atoms with E-state index in [2.05, 4.69) is 22.4 Å². The van der Waals surface area contributed by atoms with Gasteiger partial charge in [0, 0.05) is 22.6 Å². The second kappa shape index (κ2) is 17.6. The molecule has 0 aliphatic rings. The molecule has 0 fully saturated rings. The van der Waals surface area contributed by atoms with Crippen molar-refractivity contribution < 1.29 is 23.8 Å². The van der Waals surface area contributed by atoms with Gasteiger partial charge in [0.25, 0.3) is 11.8 Å². The molecule has 0 aliphatic heterocycles. The number of nitrogens with one attached hydrogen (secondary N) is 2. The molecule has 9 heteroatoms. The normalized spacial score (nSPS) is 11.5. The van der Waals surface area contributed by atoms with Crippen molar-refractivity contribution in [3.05, 3.63) is 136 Å². The molecule has 0 radical (unpaired) electrons. The van der Waals surface area contributed by atoms with Crippen LogP contribution >= 0.6 is 11.6 Å². The Bertz CT molecular complexity index is 1690. The van der Waals surface area contributed by atoms with Gasteiger partial charge < -0.3 is 19.5 Å². The van der Waals surface area contributed by atoms with E-state index in [1.807, 2.05) is 99.6 Å². The fourth-order valence-electron chi connectivity index (χ4n) is 4.97. The lowest BCUT2D eigenvalue weighted by atomic mass is 10.1.